The van der Waals surface area contributed by atoms with Gasteiger partial charge in [0, 0.05) is 23.2 Å². The van der Waals surface area contributed by atoms with Gasteiger partial charge in [-0.2, -0.15) is 5.26 Å². The van der Waals surface area contributed by atoms with Crippen molar-refractivity contribution in [2.24, 2.45) is 5.92 Å². The van der Waals surface area contributed by atoms with Crippen LogP contribution in [0.1, 0.15) is 25.0 Å². The van der Waals surface area contributed by atoms with E-state index in [2.05, 4.69) is 11.1 Å². The highest BCUT2D eigenvalue weighted by atomic mass is 16.2. The van der Waals surface area contributed by atoms with Crippen LogP contribution in [0.2, 0.25) is 0 Å². The van der Waals surface area contributed by atoms with Crippen LogP contribution >= 0.6 is 0 Å². The lowest BCUT2D eigenvalue weighted by atomic mass is 10.1. The zero-order chi connectivity index (χ0) is 19.9. The minimum absolute atomic E-state index is 0.0952. The molecule has 4 fully saturated rings. The van der Waals surface area contributed by atoms with E-state index in [9.17, 15) is 19.6 Å². The lowest BCUT2D eigenvalue weighted by molar-refractivity contribution is -0.136. The van der Waals surface area contributed by atoms with Gasteiger partial charge in [-0.05, 0) is 19.3 Å². The third-order valence-electron chi connectivity index (χ3n) is 6.60. The molecule has 4 heterocycles. The minimum Gasteiger partial charge on any atom is -0.335 e. The summed E-state index contributed by atoms with van der Waals surface area (Å²) in [7, 11) is 0. The van der Waals surface area contributed by atoms with Crippen LogP contribution in [0, 0.1) is 17.2 Å². The zero-order valence-electron chi connectivity index (χ0n) is 15.5. The van der Waals surface area contributed by atoms with Crippen molar-refractivity contribution >= 4 is 34.3 Å². The number of hydrogen-bond acceptors (Lipinski definition) is 5. The fourth-order valence-corrected chi connectivity index (χ4v) is 5.14. The molecule has 2 bridgehead atoms. The lowest BCUT2D eigenvalue weighted by Crippen LogP contribution is -2.55. The van der Waals surface area contributed by atoms with Crippen LogP contribution in [0.25, 0.3) is 10.8 Å². The number of pyridine rings is 1. The molecule has 0 radical (unpaired) electrons. The number of hydrogen-bond donors (Lipinski definition) is 0. The van der Waals surface area contributed by atoms with Gasteiger partial charge in [0.25, 0.3) is 5.91 Å². The average molecular weight is 387 g/mol. The molecule has 3 atom stereocenters. The highest BCUT2D eigenvalue weighted by Gasteiger charge is 2.63. The Kier molecular flexibility index (Phi) is 3.15. The summed E-state index contributed by atoms with van der Waals surface area (Å²) in [6.07, 6.45) is 3.93. The Morgan fingerprint density at radius 1 is 1.17 bits per heavy atom. The summed E-state index contributed by atoms with van der Waals surface area (Å²) in [5.41, 5.74) is 0.647. The number of nitriles is 1. The Balaban J connectivity index is 1.41. The predicted octanol–water partition coefficient (Wildman–Crippen LogP) is 1.64. The molecule has 8 nitrogen and oxygen atoms in total. The summed E-state index contributed by atoms with van der Waals surface area (Å²) in [6, 6.07) is 7.85. The summed E-state index contributed by atoms with van der Waals surface area (Å²) < 4.78 is 0. The molecule has 29 heavy (non-hydrogen) atoms. The second-order valence-corrected chi connectivity index (χ2v) is 8.18. The number of amides is 4. The lowest BCUT2D eigenvalue weighted by Gasteiger charge is -2.35. The fourth-order valence-electron chi connectivity index (χ4n) is 5.14. The Hall–Kier alpha value is -3.47. The van der Waals surface area contributed by atoms with E-state index in [0.29, 0.717) is 29.4 Å². The summed E-state index contributed by atoms with van der Waals surface area (Å²) in [4.78, 5) is 48.1. The van der Waals surface area contributed by atoms with Crippen molar-refractivity contribution in [3.8, 4) is 6.07 Å². The van der Waals surface area contributed by atoms with E-state index in [1.54, 1.807) is 29.2 Å². The molecular formula is C21H17N5O3. The van der Waals surface area contributed by atoms with Crippen molar-refractivity contribution in [1.82, 2.24) is 14.8 Å². The third kappa shape index (κ3) is 2.07. The normalized spacial score (nSPS) is 27.7. The number of likely N-dealkylation sites (tertiary alicyclic amines) is 1. The Bertz CT molecular complexity index is 1150. The molecular weight excluding hydrogens is 370 g/mol. The molecule has 6 rings (SSSR count). The largest absolute Gasteiger partial charge is 0.335 e. The summed E-state index contributed by atoms with van der Waals surface area (Å²) >= 11 is 0. The standard InChI is InChI=1S/C21H17N5O3/c22-8-15-13-3-1-2-4-14(13)17(9-23-15)26-20(28)18-16-7-12(25(18)21(26)29)10-24(16)19(27)11-5-6-11/h1-4,9,11-12,16,18H,5-7,10H2/t12?,16?,18-/m1/s1. The Labute approximate surface area is 166 Å². The molecule has 4 aliphatic rings. The number of piperazine rings is 1. The molecule has 144 valence electrons. The number of benzene rings is 1. The van der Waals surface area contributed by atoms with E-state index in [-0.39, 0.29) is 41.5 Å². The summed E-state index contributed by atoms with van der Waals surface area (Å²) in [5, 5.41) is 10.6. The van der Waals surface area contributed by atoms with Crippen LogP contribution in [0.5, 0.6) is 0 Å². The molecule has 1 aromatic heterocycles. The predicted molar refractivity (Wildman–Crippen MR) is 102 cm³/mol. The van der Waals surface area contributed by atoms with Gasteiger partial charge in [-0.25, -0.2) is 14.7 Å². The van der Waals surface area contributed by atoms with E-state index in [0.717, 1.165) is 12.8 Å². The van der Waals surface area contributed by atoms with Crippen LogP contribution in [-0.2, 0) is 9.59 Å². The van der Waals surface area contributed by atoms with Gasteiger partial charge in [0.15, 0.2) is 0 Å². The molecule has 2 aromatic rings. The van der Waals surface area contributed by atoms with Gasteiger partial charge in [-0.1, -0.05) is 24.3 Å². The van der Waals surface area contributed by atoms with Gasteiger partial charge < -0.3 is 9.80 Å². The SMILES string of the molecule is N#Cc1ncc(N2C(=O)[C@H]3C4CC(CN4C(=O)C4CC4)N3C2=O)c2ccccc12. The quantitative estimate of drug-likeness (QED) is 0.730. The van der Waals surface area contributed by atoms with Crippen molar-refractivity contribution in [3.63, 3.8) is 0 Å². The van der Waals surface area contributed by atoms with Crippen molar-refractivity contribution in [1.29, 1.82) is 5.26 Å². The first-order valence-electron chi connectivity index (χ1n) is 9.84. The maximum absolute atomic E-state index is 13.4. The van der Waals surface area contributed by atoms with E-state index in [1.807, 2.05) is 4.90 Å². The molecule has 0 N–H and O–H groups in total. The molecule has 3 aliphatic heterocycles. The Morgan fingerprint density at radius 2 is 1.93 bits per heavy atom. The van der Waals surface area contributed by atoms with Gasteiger partial charge in [-0.3, -0.25) is 9.59 Å². The van der Waals surface area contributed by atoms with Crippen molar-refractivity contribution in [3.05, 3.63) is 36.2 Å². The van der Waals surface area contributed by atoms with Crippen LogP contribution in [0.3, 0.4) is 0 Å². The first-order valence-corrected chi connectivity index (χ1v) is 9.84. The van der Waals surface area contributed by atoms with E-state index in [1.165, 1.54) is 11.1 Å². The number of carbonyl (C=O) groups is 3. The van der Waals surface area contributed by atoms with Crippen molar-refractivity contribution < 1.29 is 14.4 Å². The number of imide groups is 1. The second kappa shape index (κ2) is 5.54. The number of anilines is 1. The smallest absolute Gasteiger partial charge is 0.332 e. The molecule has 1 aliphatic carbocycles. The maximum atomic E-state index is 13.4. The van der Waals surface area contributed by atoms with Gasteiger partial charge in [-0.15, -0.1) is 0 Å². The van der Waals surface area contributed by atoms with Crippen molar-refractivity contribution in [2.45, 2.75) is 37.4 Å². The first-order chi connectivity index (χ1) is 14.1. The monoisotopic (exact) mass is 387 g/mol. The van der Waals surface area contributed by atoms with Crippen LogP contribution in [-0.4, -0.2) is 57.3 Å². The van der Waals surface area contributed by atoms with E-state index in [4.69, 9.17) is 0 Å². The first kappa shape index (κ1) is 16.5. The topological polar surface area (TPSA) is 97.6 Å². The number of nitrogens with zero attached hydrogens (tertiary/aromatic N) is 5. The van der Waals surface area contributed by atoms with Crippen LogP contribution in [0.4, 0.5) is 10.5 Å². The van der Waals surface area contributed by atoms with Gasteiger partial charge in [0.05, 0.1) is 24.0 Å². The number of fused-ring (bicyclic) bond motifs is 6. The molecule has 1 aromatic carbocycles. The number of rotatable bonds is 2. The van der Waals surface area contributed by atoms with Crippen LogP contribution < -0.4 is 4.90 Å². The van der Waals surface area contributed by atoms with E-state index < -0.39 is 6.04 Å². The third-order valence-corrected chi connectivity index (χ3v) is 6.60. The number of aromatic nitrogens is 1. The summed E-state index contributed by atoms with van der Waals surface area (Å²) in [6.45, 7) is 0.510. The zero-order valence-corrected chi connectivity index (χ0v) is 15.5. The van der Waals surface area contributed by atoms with Gasteiger partial charge in [0.1, 0.15) is 17.8 Å². The second-order valence-electron chi connectivity index (χ2n) is 8.18. The molecule has 8 heteroatoms. The molecule has 0 spiro atoms. The highest BCUT2D eigenvalue weighted by molar-refractivity contribution is 6.25. The molecule has 4 amide bonds. The Morgan fingerprint density at radius 3 is 2.66 bits per heavy atom. The maximum Gasteiger partial charge on any atom is 0.332 e. The van der Waals surface area contributed by atoms with E-state index >= 15 is 0 Å². The van der Waals surface area contributed by atoms with Crippen molar-refractivity contribution in [2.75, 3.05) is 11.4 Å². The summed E-state index contributed by atoms with van der Waals surface area (Å²) in [5.74, 6) is -0.0911. The highest BCUT2D eigenvalue weighted by Crippen LogP contribution is 2.45. The van der Waals surface area contributed by atoms with Gasteiger partial charge in [0.2, 0.25) is 5.91 Å². The fraction of sp³-hybridized carbons (Fsp3) is 0.381. The average Bonchev–Trinajstić information content (AvgIpc) is 3.33. The van der Waals surface area contributed by atoms with Crippen LogP contribution in [0.15, 0.2) is 30.5 Å². The van der Waals surface area contributed by atoms with Gasteiger partial charge >= 0.3 is 6.03 Å². The minimum atomic E-state index is -0.627. The molecule has 3 saturated heterocycles. The number of carbonyl (C=O) groups excluding carboxylic acids is 3. The number of urea groups is 1. The molecule has 2 unspecified atom stereocenters. The molecule has 1 saturated carbocycles.